The molecular weight excluding hydrogens is 280 g/mol. The lowest BCUT2D eigenvalue weighted by atomic mass is 10.2. The van der Waals surface area contributed by atoms with Gasteiger partial charge < -0.3 is 14.6 Å². The Morgan fingerprint density at radius 1 is 1.36 bits per heavy atom. The van der Waals surface area contributed by atoms with Gasteiger partial charge in [0.1, 0.15) is 6.04 Å². The van der Waals surface area contributed by atoms with Crippen molar-refractivity contribution in [1.29, 1.82) is 0 Å². The summed E-state index contributed by atoms with van der Waals surface area (Å²) in [6.07, 6.45) is 1.73. The zero-order chi connectivity index (χ0) is 15.4. The summed E-state index contributed by atoms with van der Waals surface area (Å²) in [6, 6.07) is 7.59. The van der Waals surface area contributed by atoms with Crippen LogP contribution < -0.4 is 5.32 Å². The minimum absolute atomic E-state index is 0.0245. The summed E-state index contributed by atoms with van der Waals surface area (Å²) in [4.78, 5) is 19.0. The van der Waals surface area contributed by atoms with Crippen molar-refractivity contribution in [3.63, 3.8) is 0 Å². The van der Waals surface area contributed by atoms with E-state index < -0.39 is 0 Å². The molecule has 0 bridgehead atoms. The van der Waals surface area contributed by atoms with Crippen molar-refractivity contribution in [2.75, 3.05) is 39.4 Å². The summed E-state index contributed by atoms with van der Waals surface area (Å²) in [6.45, 7) is 6.88. The second-order valence-corrected chi connectivity index (χ2v) is 5.56. The van der Waals surface area contributed by atoms with Crippen LogP contribution in [0, 0.1) is 0 Å². The molecule has 1 atom stereocenters. The number of aromatic nitrogens is 2. The molecule has 1 aromatic heterocycles. The van der Waals surface area contributed by atoms with Crippen LogP contribution in [0.1, 0.15) is 13.0 Å². The average Bonchev–Trinajstić information content (AvgIpc) is 2.99. The van der Waals surface area contributed by atoms with Crippen molar-refractivity contribution in [3.05, 3.63) is 30.6 Å². The second-order valence-electron chi connectivity index (χ2n) is 5.56. The molecule has 1 aliphatic rings. The largest absolute Gasteiger partial charge is 0.379 e. The molecule has 2 aromatic rings. The first-order chi connectivity index (χ1) is 10.8. The lowest BCUT2D eigenvalue weighted by Crippen LogP contribution is -2.42. The smallest absolute Gasteiger partial charge is 0.242 e. The molecule has 6 nitrogen and oxygen atoms in total. The number of carbonyl (C=O) groups is 1. The average molecular weight is 302 g/mol. The number of hydrogen-bond acceptors (Lipinski definition) is 4. The number of amides is 1. The highest BCUT2D eigenvalue weighted by molar-refractivity contribution is 5.83. The molecule has 1 aliphatic heterocycles. The number of carbonyl (C=O) groups excluding carboxylic acids is 1. The molecule has 1 saturated heterocycles. The van der Waals surface area contributed by atoms with Crippen LogP contribution in [0.15, 0.2) is 30.6 Å². The zero-order valence-corrected chi connectivity index (χ0v) is 12.9. The topological polar surface area (TPSA) is 59.4 Å². The van der Waals surface area contributed by atoms with E-state index in [4.69, 9.17) is 4.74 Å². The van der Waals surface area contributed by atoms with Gasteiger partial charge in [-0.05, 0) is 19.1 Å². The molecule has 0 unspecified atom stereocenters. The Balaban J connectivity index is 1.55. The van der Waals surface area contributed by atoms with Gasteiger partial charge in [-0.2, -0.15) is 0 Å². The molecule has 3 rings (SSSR count). The Bertz CT molecular complexity index is 634. The number of nitrogens with zero attached hydrogens (tertiary/aromatic N) is 3. The van der Waals surface area contributed by atoms with Crippen molar-refractivity contribution in [2.45, 2.75) is 13.0 Å². The molecule has 1 N–H and O–H groups in total. The molecule has 118 valence electrons. The molecule has 6 heteroatoms. The van der Waals surface area contributed by atoms with E-state index in [2.05, 4.69) is 15.2 Å². The summed E-state index contributed by atoms with van der Waals surface area (Å²) in [5.74, 6) is 0.0245. The first-order valence-electron chi connectivity index (χ1n) is 7.75. The van der Waals surface area contributed by atoms with Crippen molar-refractivity contribution >= 4 is 16.9 Å². The van der Waals surface area contributed by atoms with Crippen molar-refractivity contribution in [2.24, 2.45) is 0 Å². The molecule has 0 aliphatic carbocycles. The van der Waals surface area contributed by atoms with Gasteiger partial charge in [0.05, 0.1) is 30.6 Å². The van der Waals surface area contributed by atoms with E-state index in [0.717, 1.165) is 43.9 Å². The van der Waals surface area contributed by atoms with E-state index in [0.29, 0.717) is 6.54 Å². The van der Waals surface area contributed by atoms with Crippen LogP contribution in [0.5, 0.6) is 0 Å². The van der Waals surface area contributed by atoms with Crippen LogP contribution in [-0.2, 0) is 9.53 Å². The van der Waals surface area contributed by atoms with Crippen molar-refractivity contribution < 1.29 is 9.53 Å². The van der Waals surface area contributed by atoms with Crippen LogP contribution in [0.2, 0.25) is 0 Å². The van der Waals surface area contributed by atoms with E-state index in [1.54, 1.807) is 6.33 Å². The number of nitrogens with one attached hydrogen (secondary N) is 1. The summed E-state index contributed by atoms with van der Waals surface area (Å²) in [5.41, 5.74) is 1.90. The Labute approximate surface area is 130 Å². The van der Waals surface area contributed by atoms with Gasteiger partial charge in [0.25, 0.3) is 0 Å². The quantitative estimate of drug-likeness (QED) is 0.897. The Kier molecular flexibility index (Phi) is 4.70. The number of ether oxygens (including phenoxy) is 1. The third kappa shape index (κ3) is 3.28. The van der Waals surface area contributed by atoms with E-state index in [1.807, 2.05) is 35.8 Å². The first kappa shape index (κ1) is 15.0. The van der Waals surface area contributed by atoms with E-state index in [-0.39, 0.29) is 11.9 Å². The molecule has 0 radical (unpaired) electrons. The van der Waals surface area contributed by atoms with Gasteiger partial charge in [0.2, 0.25) is 5.91 Å². The van der Waals surface area contributed by atoms with Crippen molar-refractivity contribution in [1.82, 2.24) is 19.8 Å². The van der Waals surface area contributed by atoms with Gasteiger partial charge in [0.15, 0.2) is 0 Å². The Morgan fingerprint density at radius 3 is 2.95 bits per heavy atom. The third-order valence-electron chi connectivity index (χ3n) is 4.11. The van der Waals surface area contributed by atoms with E-state index >= 15 is 0 Å². The standard InChI is InChI=1S/C16H22N4O2/c1-13(20-12-18-14-4-2-3-5-15(14)20)16(21)17-6-7-19-8-10-22-11-9-19/h2-5,12-13H,6-11H2,1H3,(H,17,21)/t13-/m0/s1. The highest BCUT2D eigenvalue weighted by Crippen LogP contribution is 2.17. The predicted octanol–water partition coefficient (Wildman–Crippen LogP) is 1.05. The zero-order valence-electron chi connectivity index (χ0n) is 12.9. The third-order valence-corrected chi connectivity index (χ3v) is 4.11. The number of hydrogen-bond donors (Lipinski definition) is 1. The maximum Gasteiger partial charge on any atom is 0.242 e. The van der Waals surface area contributed by atoms with Crippen LogP contribution in [0.3, 0.4) is 0 Å². The lowest BCUT2D eigenvalue weighted by molar-refractivity contribution is -0.123. The molecule has 1 aromatic carbocycles. The summed E-state index contributed by atoms with van der Waals surface area (Å²) < 4.78 is 7.23. The summed E-state index contributed by atoms with van der Waals surface area (Å²) in [5, 5.41) is 3.01. The lowest BCUT2D eigenvalue weighted by Gasteiger charge is -2.26. The first-order valence-corrected chi connectivity index (χ1v) is 7.75. The highest BCUT2D eigenvalue weighted by Gasteiger charge is 2.17. The van der Waals surface area contributed by atoms with Gasteiger partial charge in [-0.3, -0.25) is 9.69 Å². The van der Waals surface area contributed by atoms with Crippen LogP contribution in [0.25, 0.3) is 11.0 Å². The SMILES string of the molecule is C[C@@H](C(=O)NCCN1CCOCC1)n1cnc2ccccc21. The van der Waals surface area contributed by atoms with Gasteiger partial charge in [-0.25, -0.2) is 4.98 Å². The van der Waals surface area contributed by atoms with E-state index in [9.17, 15) is 4.79 Å². The minimum atomic E-state index is -0.267. The number of benzene rings is 1. The van der Waals surface area contributed by atoms with Crippen LogP contribution in [0.4, 0.5) is 0 Å². The summed E-state index contributed by atoms with van der Waals surface area (Å²) in [7, 11) is 0. The number of fused-ring (bicyclic) bond motifs is 1. The van der Waals surface area contributed by atoms with Gasteiger partial charge in [0, 0.05) is 26.2 Å². The molecular formula is C16H22N4O2. The fourth-order valence-electron chi connectivity index (χ4n) is 2.72. The van der Waals surface area contributed by atoms with Gasteiger partial charge >= 0.3 is 0 Å². The molecule has 1 amide bonds. The van der Waals surface area contributed by atoms with Crippen LogP contribution in [-0.4, -0.2) is 59.8 Å². The molecule has 1 fully saturated rings. The number of imidazole rings is 1. The number of morpholine rings is 1. The highest BCUT2D eigenvalue weighted by atomic mass is 16.5. The second kappa shape index (κ2) is 6.89. The van der Waals surface area contributed by atoms with Crippen LogP contribution >= 0.6 is 0 Å². The molecule has 2 heterocycles. The number of para-hydroxylation sites is 2. The Hall–Kier alpha value is -1.92. The van der Waals surface area contributed by atoms with E-state index in [1.165, 1.54) is 0 Å². The monoisotopic (exact) mass is 302 g/mol. The molecule has 0 saturated carbocycles. The predicted molar refractivity (Wildman–Crippen MR) is 84.7 cm³/mol. The van der Waals surface area contributed by atoms with Crippen molar-refractivity contribution in [3.8, 4) is 0 Å². The van der Waals surface area contributed by atoms with Gasteiger partial charge in [-0.15, -0.1) is 0 Å². The fraction of sp³-hybridized carbons (Fsp3) is 0.500. The summed E-state index contributed by atoms with van der Waals surface area (Å²) >= 11 is 0. The van der Waals surface area contributed by atoms with Gasteiger partial charge in [-0.1, -0.05) is 12.1 Å². The molecule has 22 heavy (non-hydrogen) atoms. The maximum absolute atomic E-state index is 12.3. The molecule has 0 spiro atoms. The number of rotatable bonds is 5. The minimum Gasteiger partial charge on any atom is -0.379 e. The Morgan fingerprint density at radius 2 is 2.14 bits per heavy atom. The fourth-order valence-corrected chi connectivity index (χ4v) is 2.72. The normalized spacial score (nSPS) is 17.5. The maximum atomic E-state index is 12.3.